The van der Waals surface area contributed by atoms with Gasteiger partial charge in [0, 0.05) is 0 Å². The van der Waals surface area contributed by atoms with Crippen molar-refractivity contribution in [1.29, 1.82) is 0 Å². The predicted molar refractivity (Wildman–Crippen MR) is 44.6 cm³/mol. The largest absolute Gasteiger partial charge is 0.375 e. The number of nitrogens with zero attached hydrogens (tertiary/aromatic N) is 1. The van der Waals surface area contributed by atoms with Gasteiger partial charge in [-0.1, -0.05) is 0 Å². The first-order chi connectivity index (χ1) is 5.61. The van der Waals surface area contributed by atoms with E-state index in [1.54, 1.807) is 0 Å². The van der Waals surface area contributed by atoms with Crippen molar-refractivity contribution in [3.8, 4) is 0 Å². The molecule has 0 radical (unpaired) electrons. The van der Waals surface area contributed by atoms with Gasteiger partial charge in [0.1, 0.15) is 12.5 Å². The molecule has 1 fully saturated rings. The highest BCUT2D eigenvalue weighted by atomic mass is 32.1. The van der Waals surface area contributed by atoms with Crippen LogP contribution in [0.4, 0.5) is 0 Å². The van der Waals surface area contributed by atoms with Gasteiger partial charge in [-0.05, 0) is 12.2 Å². The first kappa shape index (κ1) is 9.62. The van der Waals surface area contributed by atoms with E-state index in [-0.39, 0.29) is 18.3 Å². The number of morpholine rings is 1. The molecule has 7 heteroatoms. The maximum atomic E-state index is 9.25. The summed E-state index contributed by atoms with van der Waals surface area (Å²) in [5, 5.41) is 19.6. The monoisotopic (exact) mass is 193 g/mol. The van der Waals surface area contributed by atoms with Crippen molar-refractivity contribution in [2.45, 2.75) is 12.5 Å². The molecule has 0 aromatic carbocycles. The number of thiocarbonyl (C=S) groups is 1. The Bertz CT molecular complexity index is 169. The number of aliphatic hydroxyl groups is 2. The number of hydrogen-bond donors (Lipinski definition) is 4. The Hall–Kier alpha value is -0.470. The molecule has 1 aliphatic rings. The van der Waals surface area contributed by atoms with Gasteiger partial charge in [-0.25, -0.2) is 0 Å². The van der Waals surface area contributed by atoms with Gasteiger partial charge >= 0.3 is 0 Å². The summed E-state index contributed by atoms with van der Waals surface area (Å²) in [6.07, 6.45) is -1.87. The first-order valence-electron chi connectivity index (χ1n) is 3.39. The van der Waals surface area contributed by atoms with E-state index in [0.29, 0.717) is 0 Å². The lowest BCUT2D eigenvalue weighted by molar-refractivity contribution is -0.206. The van der Waals surface area contributed by atoms with Crippen LogP contribution in [0.25, 0.3) is 0 Å². The SMILES string of the molecule is NC(=S)NN1C(O)COCC1O. The normalized spacial score (nSPS) is 31.5. The molecule has 0 aliphatic carbocycles. The summed E-state index contributed by atoms with van der Waals surface area (Å²) in [7, 11) is 0. The highest BCUT2D eigenvalue weighted by molar-refractivity contribution is 7.80. The van der Waals surface area contributed by atoms with E-state index in [1.165, 1.54) is 0 Å². The van der Waals surface area contributed by atoms with Gasteiger partial charge < -0.3 is 20.7 Å². The van der Waals surface area contributed by atoms with Gasteiger partial charge in [-0.15, -0.1) is 0 Å². The van der Waals surface area contributed by atoms with E-state index >= 15 is 0 Å². The summed E-state index contributed by atoms with van der Waals surface area (Å²) in [5.74, 6) is 0. The first-order valence-corrected chi connectivity index (χ1v) is 3.80. The van der Waals surface area contributed by atoms with Crippen LogP contribution in [0.1, 0.15) is 0 Å². The summed E-state index contributed by atoms with van der Waals surface area (Å²) in [4.78, 5) is 0. The molecule has 1 saturated heterocycles. The molecule has 5 N–H and O–H groups in total. The Kier molecular flexibility index (Phi) is 3.18. The van der Waals surface area contributed by atoms with Crippen LogP contribution >= 0.6 is 12.2 Å². The van der Waals surface area contributed by atoms with Crippen molar-refractivity contribution >= 4 is 17.3 Å². The average Bonchev–Trinajstić information content (AvgIpc) is 1.97. The van der Waals surface area contributed by atoms with E-state index < -0.39 is 12.5 Å². The molecule has 0 spiro atoms. The van der Waals surface area contributed by atoms with Crippen LogP contribution in [-0.4, -0.2) is 46.0 Å². The van der Waals surface area contributed by atoms with Crippen LogP contribution in [-0.2, 0) is 4.74 Å². The minimum Gasteiger partial charge on any atom is -0.375 e. The topological polar surface area (TPSA) is 91.0 Å². The molecule has 0 saturated carbocycles. The molecule has 12 heavy (non-hydrogen) atoms. The highest BCUT2D eigenvalue weighted by Crippen LogP contribution is 2.05. The minimum absolute atomic E-state index is 0.00463. The van der Waals surface area contributed by atoms with Gasteiger partial charge in [-0.2, -0.15) is 5.01 Å². The molecular formula is C5H11N3O3S. The Morgan fingerprint density at radius 3 is 2.42 bits per heavy atom. The molecule has 0 aromatic rings. The molecule has 1 aliphatic heterocycles. The van der Waals surface area contributed by atoms with Crippen molar-refractivity contribution in [1.82, 2.24) is 10.4 Å². The maximum absolute atomic E-state index is 9.25. The van der Waals surface area contributed by atoms with Crippen LogP contribution in [0, 0.1) is 0 Å². The van der Waals surface area contributed by atoms with Crippen LogP contribution in [0.15, 0.2) is 0 Å². The van der Waals surface area contributed by atoms with E-state index in [0.717, 1.165) is 5.01 Å². The zero-order chi connectivity index (χ0) is 9.14. The minimum atomic E-state index is -0.935. The van der Waals surface area contributed by atoms with E-state index in [2.05, 4.69) is 17.6 Å². The number of hydrazine groups is 1. The second-order valence-electron chi connectivity index (χ2n) is 2.38. The van der Waals surface area contributed by atoms with Gasteiger partial charge in [0.25, 0.3) is 0 Å². The predicted octanol–water partition coefficient (Wildman–Crippen LogP) is -2.30. The molecule has 2 unspecified atom stereocenters. The quantitative estimate of drug-likeness (QED) is 0.348. The van der Waals surface area contributed by atoms with Crippen molar-refractivity contribution in [3.63, 3.8) is 0 Å². The van der Waals surface area contributed by atoms with Gasteiger partial charge in [-0.3, -0.25) is 5.43 Å². The smallest absolute Gasteiger partial charge is 0.178 e. The molecule has 70 valence electrons. The molecule has 6 nitrogen and oxygen atoms in total. The fourth-order valence-electron chi connectivity index (χ4n) is 0.914. The van der Waals surface area contributed by atoms with Crippen molar-refractivity contribution < 1.29 is 14.9 Å². The van der Waals surface area contributed by atoms with Crippen LogP contribution < -0.4 is 11.2 Å². The number of rotatable bonds is 1. The molecule has 1 heterocycles. The third-order valence-corrected chi connectivity index (χ3v) is 1.51. The lowest BCUT2D eigenvalue weighted by Crippen LogP contribution is -2.60. The van der Waals surface area contributed by atoms with Gasteiger partial charge in [0.2, 0.25) is 0 Å². The summed E-state index contributed by atoms with van der Waals surface area (Å²) in [6.45, 7) is 0.235. The second-order valence-corrected chi connectivity index (χ2v) is 2.82. The van der Waals surface area contributed by atoms with Crippen molar-refractivity contribution in [2.24, 2.45) is 5.73 Å². The van der Waals surface area contributed by atoms with Crippen LogP contribution in [0.5, 0.6) is 0 Å². The number of hydrogen-bond acceptors (Lipinski definition) is 5. The highest BCUT2D eigenvalue weighted by Gasteiger charge is 2.28. The van der Waals surface area contributed by atoms with Gasteiger partial charge in [0.05, 0.1) is 13.2 Å². The number of aliphatic hydroxyl groups excluding tert-OH is 2. The summed E-state index contributed by atoms with van der Waals surface area (Å²) in [6, 6.07) is 0. The Morgan fingerprint density at radius 1 is 1.50 bits per heavy atom. The zero-order valence-corrected chi connectivity index (χ0v) is 7.12. The molecule has 0 aromatic heterocycles. The third kappa shape index (κ3) is 2.26. The fourth-order valence-corrected chi connectivity index (χ4v) is 1.02. The Balaban J connectivity index is 2.50. The van der Waals surface area contributed by atoms with E-state index in [4.69, 9.17) is 10.5 Å². The standard InChI is InChI=1S/C5H11N3O3S/c6-5(12)7-8-3(9)1-11-2-4(8)10/h3-4,9-10H,1-2H2,(H3,6,7,12). The lowest BCUT2D eigenvalue weighted by Gasteiger charge is -2.35. The second kappa shape index (κ2) is 3.97. The summed E-state index contributed by atoms with van der Waals surface area (Å²) >= 11 is 4.54. The fraction of sp³-hybridized carbons (Fsp3) is 0.800. The molecule has 0 amide bonds. The third-order valence-electron chi connectivity index (χ3n) is 1.42. The number of nitrogens with two attached hydrogens (primary N) is 1. The number of ether oxygens (including phenoxy) is 1. The van der Waals surface area contributed by atoms with Crippen molar-refractivity contribution in [2.75, 3.05) is 13.2 Å². The number of nitrogens with one attached hydrogen (secondary N) is 1. The molecular weight excluding hydrogens is 182 g/mol. The van der Waals surface area contributed by atoms with E-state index in [9.17, 15) is 10.2 Å². The molecule has 0 bridgehead atoms. The van der Waals surface area contributed by atoms with Crippen molar-refractivity contribution in [3.05, 3.63) is 0 Å². The molecule has 2 atom stereocenters. The lowest BCUT2D eigenvalue weighted by atomic mass is 10.4. The Morgan fingerprint density at radius 2 is 2.00 bits per heavy atom. The average molecular weight is 193 g/mol. The van der Waals surface area contributed by atoms with E-state index in [1.807, 2.05) is 0 Å². The summed E-state index contributed by atoms with van der Waals surface area (Å²) < 4.78 is 4.84. The van der Waals surface area contributed by atoms with Crippen LogP contribution in [0.2, 0.25) is 0 Å². The van der Waals surface area contributed by atoms with Gasteiger partial charge in [0.15, 0.2) is 5.11 Å². The molecule has 1 rings (SSSR count). The zero-order valence-electron chi connectivity index (χ0n) is 6.30. The summed E-state index contributed by atoms with van der Waals surface area (Å²) in [5.41, 5.74) is 7.61. The Labute approximate surface area is 74.9 Å². The maximum Gasteiger partial charge on any atom is 0.178 e. The van der Waals surface area contributed by atoms with Crippen LogP contribution in [0.3, 0.4) is 0 Å².